The smallest absolute Gasteiger partial charge is 0.233 e. The van der Waals surface area contributed by atoms with E-state index in [2.05, 4.69) is 5.32 Å². The lowest BCUT2D eigenvalue weighted by Crippen LogP contribution is -2.35. The van der Waals surface area contributed by atoms with Crippen molar-refractivity contribution < 1.29 is 9.59 Å². The molecule has 1 unspecified atom stereocenters. The van der Waals surface area contributed by atoms with E-state index in [1.54, 1.807) is 19.1 Å². The minimum Gasteiger partial charge on any atom is -0.353 e. The third-order valence-corrected chi connectivity index (χ3v) is 3.49. The number of ketones is 1. The Bertz CT molecular complexity index is 426. The highest BCUT2D eigenvalue weighted by Crippen LogP contribution is 2.23. The van der Waals surface area contributed by atoms with E-state index in [-0.39, 0.29) is 23.0 Å². The molecule has 0 fully saturated rings. The van der Waals surface area contributed by atoms with Crippen molar-refractivity contribution >= 4 is 23.5 Å². The highest BCUT2D eigenvalue weighted by Gasteiger charge is 2.14. The van der Waals surface area contributed by atoms with Crippen LogP contribution in [0, 0.1) is 0 Å². The Labute approximate surface area is 112 Å². The zero-order valence-electron chi connectivity index (χ0n) is 11.2. The lowest BCUT2D eigenvalue weighted by molar-refractivity contribution is -0.120. The maximum absolute atomic E-state index is 11.7. The summed E-state index contributed by atoms with van der Waals surface area (Å²) in [5.41, 5.74) is 0.693. The predicted octanol–water partition coefficient (Wildman–Crippen LogP) is 2.89. The monoisotopic (exact) mass is 265 g/mol. The molecule has 0 aliphatic heterocycles. The fraction of sp³-hybridized carbons (Fsp3) is 0.429. The number of thioether (sulfide) groups is 1. The van der Waals surface area contributed by atoms with Crippen molar-refractivity contribution in [3.05, 3.63) is 29.8 Å². The van der Waals surface area contributed by atoms with E-state index in [1.807, 2.05) is 32.9 Å². The number of rotatable bonds is 5. The molecular formula is C14H19NO2S. The molecule has 0 saturated heterocycles. The van der Waals surface area contributed by atoms with Gasteiger partial charge in [0.15, 0.2) is 5.78 Å². The van der Waals surface area contributed by atoms with Gasteiger partial charge < -0.3 is 5.32 Å². The van der Waals surface area contributed by atoms with E-state index in [0.717, 1.165) is 4.90 Å². The second-order valence-electron chi connectivity index (χ2n) is 4.50. The van der Waals surface area contributed by atoms with Crippen LogP contribution < -0.4 is 5.32 Å². The van der Waals surface area contributed by atoms with Crippen LogP contribution in [0.5, 0.6) is 0 Å². The van der Waals surface area contributed by atoms with Crippen LogP contribution in [-0.2, 0) is 4.79 Å². The molecule has 1 rings (SSSR count). The molecule has 0 bridgehead atoms. The first-order valence-corrected chi connectivity index (χ1v) is 6.86. The predicted molar refractivity (Wildman–Crippen MR) is 75.0 cm³/mol. The molecule has 1 N–H and O–H groups in total. The van der Waals surface area contributed by atoms with Gasteiger partial charge in [-0.1, -0.05) is 12.1 Å². The van der Waals surface area contributed by atoms with Gasteiger partial charge in [-0.25, -0.2) is 0 Å². The normalized spacial score (nSPS) is 12.3. The van der Waals surface area contributed by atoms with E-state index < -0.39 is 0 Å². The molecule has 1 aromatic rings. The maximum Gasteiger partial charge on any atom is 0.233 e. The van der Waals surface area contributed by atoms with Crippen LogP contribution in [0.2, 0.25) is 0 Å². The van der Waals surface area contributed by atoms with E-state index in [1.165, 1.54) is 11.8 Å². The molecule has 0 aromatic heterocycles. The van der Waals surface area contributed by atoms with Gasteiger partial charge in [0.05, 0.1) is 5.25 Å². The van der Waals surface area contributed by atoms with E-state index in [4.69, 9.17) is 0 Å². The number of amides is 1. The molecule has 4 heteroatoms. The van der Waals surface area contributed by atoms with Crippen molar-refractivity contribution in [2.24, 2.45) is 0 Å². The number of nitrogens with one attached hydrogen (secondary N) is 1. The van der Waals surface area contributed by atoms with Gasteiger partial charge in [-0.3, -0.25) is 9.59 Å². The summed E-state index contributed by atoms with van der Waals surface area (Å²) in [5.74, 6) is 0.0859. The molecule has 98 valence electrons. The van der Waals surface area contributed by atoms with Crippen molar-refractivity contribution in [3.63, 3.8) is 0 Å². The van der Waals surface area contributed by atoms with Gasteiger partial charge in [0.1, 0.15) is 0 Å². The summed E-state index contributed by atoms with van der Waals surface area (Å²) in [4.78, 5) is 23.9. The highest BCUT2D eigenvalue weighted by atomic mass is 32.2. The molecule has 0 saturated carbocycles. The van der Waals surface area contributed by atoms with Gasteiger partial charge >= 0.3 is 0 Å². The van der Waals surface area contributed by atoms with Crippen LogP contribution >= 0.6 is 11.8 Å². The SMILES string of the molecule is CC(=O)c1ccc(SC(C)C(=O)NC(C)C)cc1. The first kappa shape index (κ1) is 14.8. The molecule has 3 nitrogen and oxygen atoms in total. The third-order valence-electron chi connectivity index (χ3n) is 2.37. The fourth-order valence-corrected chi connectivity index (χ4v) is 2.30. The molecule has 1 amide bonds. The zero-order chi connectivity index (χ0) is 13.7. The first-order chi connectivity index (χ1) is 8.40. The summed E-state index contributed by atoms with van der Waals surface area (Å²) in [6, 6.07) is 7.48. The molecule has 0 aliphatic rings. The Morgan fingerprint density at radius 1 is 1.11 bits per heavy atom. The average molecular weight is 265 g/mol. The van der Waals surface area contributed by atoms with Crippen LogP contribution in [0.15, 0.2) is 29.2 Å². The van der Waals surface area contributed by atoms with Crippen LogP contribution in [0.25, 0.3) is 0 Å². The van der Waals surface area contributed by atoms with Gasteiger partial charge in [0.2, 0.25) is 5.91 Å². The Balaban J connectivity index is 2.61. The highest BCUT2D eigenvalue weighted by molar-refractivity contribution is 8.00. The van der Waals surface area contributed by atoms with Crippen molar-refractivity contribution in [1.29, 1.82) is 0 Å². The molecule has 1 aromatic carbocycles. The van der Waals surface area contributed by atoms with Crippen LogP contribution in [0.4, 0.5) is 0 Å². The number of benzene rings is 1. The Morgan fingerprint density at radius 2 is 1.67 bits per heavy atom. The van der Waals surface area contributed by atoms with Crippen LogP contribution in [0.3, 0.4) is 0 Å². The summed E-state index contributed by atoms with van der Waals surface area (Å²) in [6.45, 7) is 7.30. The Hall–Kier alpha value is -1.29. The van der Waals surface area contributed by atoms with E-state index in [9.17, 15) is 9.59 Å². The fourth-order valence-electron chi connectivity index (χ4n) is 1.43. The summed E-state index contributed by atoms with van der Waals surface area (Å²) in [7, 11) is 0. The molecule has 0 spiro atoms. The Morgan fingerprint density at radius 3 is 2.11 bits per heavy atom. The number of carbonyl (C=O) groups excluding carboxylic acids is 2. The minimum absolute atomic E-state index is 0.0330. The number of hydrogen-bond donors (Lipinski definition) is 1. The Kier molecular flexibility index (Phi) is 5.41. The summed E-state index contributed by atoms with van der Waals surface area (Å²) >= 11 is 1.49. The van der Waals surface area contributed by atoms with Gasteiger partial charge in [-0.15, -0.1) is 11.8 Å². The van der Waals surface area contributed by atoms with Gasteiger partial charge in [0.25, 0.3) is 0 Å². The second kappa shape index (κ2) is 6.59. The largest absolute Gasteiger partial charge is 0.353 e. The summed E-state index contributed by atoms with van der Waals surface area (Å²) < 4.78 is 0. The second-order valence-corrected chi connectivity index (χ2v) is 5.92. The van der Waals surface area contributed by atoms with Crippen molar-refractivity contribution in [2.75, 3.05) is 0 Å². The quantitative estimate of drug-likeness (QED) is 0.657. The average Bonchev–Trinajstić information content (AvgIpc) is 2.28. The minimum atomic E-state index is -0.143. The van der Waals surface area contributed by atoms with Gasteiger partial charge in [0, 0.05) is 16.5 Å². The number of Topliss-reactive ketones (excluding diaryl/α,β-unsaturated/α-hetero) is 1. The van der Waals surface area contributed by atoms with Crippen LogP contribution in [-0.4, -0.2) is 23.0 Å². The molecule has 0 heterocycles. The molecule has 18 heavy (non-hydrogen) atoms. The van der Waals surface area contributed by atoms with Crippen molar-refractivity contribution in [3.8, 4) is 0 Å². The van der Waals surface area contributed by atoms with Crippen molar-refractivity contribution in [1.82, 2.24) is 5.32 Å². The van der Waals surface area contributed by atoms with Gasteiger partial charge in [-0.05, 0) is 39.8 Å². The lowest BCUT2D eigenvalue weighted by atomic mass is 10.2. The zero-order valence-corrected chi connectivity index (χ0v) is 12.0. The topological polar surface area (TPSA) is 46.2 Å². The van der Waals surface area contributed by atoms with Crippen molar-refractivity contribution in [2.45, 2.75) is 43.9 Å². The molecule has 0 aliphatic carbocycles. The first-order valence-electron chi connectivity index (χ1n) is 5.98. The van der Waals surface area contributed by atoms with Crippen LogP contribution in [0.1, 0.15) is 38.1 Å². The number of carbonyl (C=O) groups is 2. The third kappa shape index (κ3) is 4.53. The van der Waals surface area contributed by atoms with E-state index in [0.29, 0.717) is 5.56 Å². The van der Waals surface area contributed by atoms with Gasteiger partial charge in [-0.2, -0.15) is 0 Å². The number of hydrogen-bond acceptors (Lipinski definition) is 3. The molecular weight excluding hydrogens is 246 g/mol. The summed E-state index contributed by atoms with van der Waals surface area (Å²) in [6.07, 6.45) is 0. The lowest BCUT2D eigenvalue weighted by Gasteiger charge is -2.14. The van der Waals surface area contributed by atoms with E-state index >= 15 is 0 Å². The standard InChI is InChI=1S/C14H19NO2S/c1-9(2)15-14(17)11(4)18-13-7-5-12(6-8-13)10(3)16/h5-9,11H,1-4H3,(H,15,17). The molecule has 0 radical (unpaired) electrons. The maximum atomic E-state index is 11.7. The molecule has 1 atom stereocenters. The summed E-state index contributed by atoms with van der Waals surface area (Å²) in [5, 5.41) is 2.74.